The number of hydrogen-bond donors (Lipinski definition) is 2. The van der Waals surface area contributed by atoms with Gasteiger partial charge in [-0.05, 0) is 43.7 Å². The molecule has 1 aromatic heterocycles. The second kappa shape index (κ2) is 6.59. The molecule has 1 aromatic rings. The Morgan fingerprint density at radius 3 is 2.55 bits per heavy atom. The van der Waals surface area contributed by atoms with Crippen molar-refractivity contribution in [2.24, 2.45) is 11.8 Å². The second-order valence-corrected chi connectivity index (χ2v) is 5.41. The van der Waals surface area contributed by atoms with E-state index in [0.29, 0.717) is 5.76 Å². The lowest BCUT2D eigenvalue weighted by molar-refractivity contribution is -0.126. The molecule has 5 nitrogen and oxygen atoms in total. The molecule has 0 unspecified atom stereocenters. The van der Waals surface area contributed by atoms with Gasteiger partial charge in [0.05, 0.1) is 6.54 Å². The predicted octanol–water partition coefficient (Wildman–Crippen LogP) is 2.81. The predicted molar refractivity (Wildman–Crippen MR) is 73.3 cm³/mol. The van der Waals surface area contributed by atoms with Crippen LogP contribution in [0.1, 0.15) is 55.3 Å². The molecular formula is C15H21NO4. The Morgan fingerprint density at radius 2 is 2.00 bits per heavy atom. The van der Waals surface area contributed by atoms with Gasteiger partial charge in [-0.3, -0.25) is 4.79 Å². The molecule has 1 aliphatic rings. The molecule has 0 aromatic carbocycles. The molecule has 1 amide bonds. The van der Waals surface area contributed by atoms with Crippen LogP contribution >= 0.6 is 0 Å². The molecule has 1 saturated carbocycles. The highest BCUT2D eigenvalue weighted by Crippen LogP contribution is 2.30. The van der Waals surface area contributed by atoms with Crippen LogP contribution in [-0.4, -0.2) is 17.0 Å². The molecule has 0 bridgehead atoms. The van der Waals surface area contributed by atoms with Gasteiger partial charge in [-0.25, -0.2) is 4.79 Å². The van der Waals surface area contributed by atoms with E-state index in [2.05, 4.69) is 12.2 Å². The van der Waals surface area contributed by atoms with Crippen molar-refractivity contribution in [1.82, 2.24) is 5.32 Å². The number of nitrogens with one attached hydrogen (secondary N) is 1. The number of amides is 1. The van der Waals surface area contributed by atoms with E-state index in [0.717, 1.165) is 31.6 Å². The first kappa shape index (κ1) is 14.6. The minimum Gasteiger partial charge on any atom is -0.475 e. The van der Waals surface area contributed by atoms with Crippen molar-refractivity contribution in [3.63, 3.8) is 0 Å². The van der Waals surface area contributed by atoms with Crippen LogP contribution in [0, 0.1) is 11.8 Å². The minimum atomic E-state index is -1.10. The average molecular weight is 279 g/mol. The number of carbonyl (C=O) groups is 2. The Hall–Kier alpha value is -1.78. The van der Waals surface area contributed by atoms with Gasteiger partial charge in [0.25, 0.3) is 0 Å². The lowest BCUT2D eigenvalue weighted by Gasteiger charge is -2.26. The van der Waals surface area contributed by atoms with Gasteiger partial charge in [0.1, 0.15) is 5.76 Å². The third-order valence-electron chi connectivity index (χ3n) is 4.10. The fraction of sp³-hybridized carbons (Fsp3) is 0.600. The third-order valence-corrected chi connectivity index (χ3v) is 4.10. The molecule has 0 radical (unpaired) electrons. The second-order valence-electron chi connectivity index (χ2n) is 5.41. The van der Waals surface area contributed by atoms with E-state index in [4.69, 9.17) is 9.52 Å². The quantitative estimate of drug-likeness (QED) is 0.868. The van der Waals surface area contributed by atoms with E-state index < -0.39 is 5.97 Å². The van der Waals surface area contributed by atoms with Crippen molar-refractivity contribution in [2.75, 3.05) is 0 Å². The van der Waals surface area contributed by atoms with Gasteiger partial charge in [-0.2, -0.15) is 0 Å². The van der Waals surface area contributed by atoms with Gasteiger partial charge in [0, 0.05) is 5.92 Å². The van der Waals surface area contributed by atoms with Gasteiger partial charge >= 0.3 is 5.97 Å². The van der Waals surface area contributed by atoms with Crippen LogP contribution in [0.2, 0.25) is 0 Å². The fourth-order valence-corrected chi connectivity index (χ4v) is 2.74. The Bertz CT molecular complexity index is 472. The number of furan rings is 1. The lowest BCUT2D eigenvalue weighted by Crippen LogP contribution is -2.32. The van der Waals surface area contributed by atoms with Crippen LogP contribution in [0.5, 0.6) is 0 Å². The molecule has 1 heterocycles. The highest BCUT2D eigenvalue weighted by atomic mass is 16.4. The van der Waals surface area contributed by atoms with Gasteiger partial charge in [0.15, 0.2) is 0 Å². The maximum Gasteiger partial charge on any atom is 0.371 e. The number of rotatable bonds is 5. The van der Waals surface area contributed by atoms with Gasteiger partial charge < -0.3 is 14.8 Å². The van der Waals surface area contributed by atoms with Crippen LogP contribution in [0.4, 0.5) is 0 Å². The highest BCUT2D eigenvalue weighted by molar-refractivity contribution is 5.84. The summed E-state index contributed by atoms with van der Waals surface area (Å²) in [6.07, 6.45) is 5.33. The number of carboxylic acids is 1. The first-order valence-corrected chi connectivity index (χ1v) is 7.19. The van der Waals surface area contributed by atoms with E-state index >= 15 is 0 Å². The summed E-state index contributed by atoms with van der Waals surface area (Å²) < 4.78 is 5.10. The Balaban J connectivity index is 1.78. The molecule has 1 fully saturated rings. The van der Waals surface area contributed by atoms with Crippen molar-refractivity contribution in [2.45, 2.75) is 45.6 Å². The minimum absolute atomic E-state index is 0.0489. The van der Waals surface area contributed by atoms with Crippen LogP contribution in [0.3, 0.4) is 0 Å². The van der Waals surface area contributed by atoms with Crippen molar-refractivity contribution < 1.29 is 19.1 Å². The normalized spacial score (nSPS) is 22.4. The van der Waals surface area contributed by atoms with E-state index in [-0.39, 0.29) is 24.1 Å². The monoisotopic (exact) mass is 279 g/mol. The van der Waals surface area contributed by atoms with Crippen LogP contribution < -0.4 is 5.32 Å². The molecule has 0 saturated heterocycles. The molecule has 0 atom stereocenters. The van der Waals surface area contributed by atoms with Crippen molar-refractivity contribution in [3.05, 3.63) is 23.7 Å². The molecular weight excluding hydrogens is 258 g/mol. The molecule has 0 aliphatic heterocycles. The molecule has 1 aliphatic carbocycles. The van der Waals surface area contributed by atoms with Crippen molar-refractivity contribution in [1.29, 1.82) is 0 Å². The molecule has 2 rings (SSSR count). The molecule has 110 valence electrons. The Kier molecular flexibility index (Phi) is 4.82. The van der Waals surface area contributed by atoms with Crippen molar-refractivity contribution in [3.8, 4) is 0 Å². The smallest absolute Gasteiger partial charge is 0.371 e. The summed E-state index contributed by atoms with van der Waals surface area (Å²) in [6, 6.07) is 2.98. The fourth-order valence-electron chi connectivity index (χ4n) is 2.74. The zero-order valence-electron chi connectivity index (χ0n) is 11.7. The summed E-state index contributed by atoms with van der Waals surface area (Å²) >= 11 is 0. The number of carbonyl (C=O) groups excluding carboxylic acids is 1. The highest BCUT2D eigenvalue weighted by Gasteiger charge is 2.25. The third kappa shape index (κ3) is 3.62. The van der Waals surface area contributed by atoms with Crippen LogP contribution in [0.25, 0.3) is 0 Å². The largest absolute Gasteiger partial charge is 0.475 e. The topological polar surface area (TPSA) is 79.5 Å². The van der Waals surface area contributed by atoms with E-state index in [1.54, 1.807) is 6.07 Å². The summed E-state index contributed by atoms with van der Waals surface area (Å²) in [5, 5.41) is 11.6. The summed E-state index contributed by atoms with van der Waals surface area (Å²) in [5.41, 5.74) is 0. The van der Waals surface area contributed by atoms with Gasteiger partial charge in [0.2, 0.25) is 11.7 Å². The van der Waals surface area contributed by atoms with E-state index in [1.165, 1.54) is 12.5 Å². The maximum absolute atomic E-state index is 12.0. The lowest BCUT2D eigenvalue weighted by atomic mass is 9.80. The van der Waals surface area contributed by atoms with E-state index in [9.17, 15) is 9.59 Å². The maximum atomic E-state index is 12.0. The van der Waals surface area contributed by atoms with Crippen molar-refractivity contribution >= 4 is 11.9 Å². The zero-order chi connectivity index (χ0) is 14.5. The molecule has 2 N–H and O–H groups in total. The Morgan fingerprint density at radius 1 is 1.30 bits per heavy atom. The van der Waals surface area contributed by atoms with E-state index in [1.807, 2.05) is 0 Å². The molecule has 5 heteroatoms. The zero-order valence-corrected chi connectivity index (χ0v) is 11.7. The summed E-state index contributed by atoms with van der Waals surface area (Å²) in [6.45, 7) is 2.45. The summed E-state index contributed by atoms with van der Waals surface area (Å²) in [5.74, 6) is 0.179. The molecule has 20 heavy (non-hydrogen) atoms. The van der Waals surface area contributed by atoms with Crippen LogP contribution in [0.15, 0.2) is 16.5 Å². The number of carboxylic acid groups (broad SMARTS) is 1. The first-order valence-electron chi connectivity index (χ1n) is 7.19. The van der Waals surface area contributed by atoms with Gasteiger partial charge in [-0.15, -0.1) is 0 Å². The molecule has 0 spiro atoms. The average Bonchev–Trinajstić information content (AvgIpc) is 2.94. The van der Waals surface area contributed by atoms with Gasteiger partial charge in [-0.1, -0.05) is 13.3 Å². The Labute approximate surface area is 118 Å². The standard InChI is InChI=1S/C15H21NO4/c1-2-10-3-5-11(6-4-10)14(17)16-9-12-7-8-13(20-12)15(18)19/h7-8,10-11H,2-6,9H2,1H3,(H,16,17)(H,18,19). The number of aromatic carboxylic acids is 1. The summed E-state index contributed by atoms with van der Waals surface area (Å²) in [4.78, 5) is 22.7. The number of hydrogen-bond acceptors (Lipinski definition) is 3. The SMILES string of the molecule is CCC1CCC(C(=O)NCc2ccc(C(=O)O)o2)CC1. The first-order chi connectivity index (χ1) is 9.60. The van der Waals surface area contributed by atoms with Crippen LogP contribution in [-0.2, 0) is 11.3 Å². The summed E-state index contributed by atoms with van der Waals surface area (Å²) in [7, 11) is 0.